The quantitative estimate of drug-likeness (QED) is 0.00668. The van der Waals surface area contributed by atoms with Crippen LogP contribution in [0, 0.1) is 0 Å². The molecule has 0 saturated heterocycles. The van der Waals surface area contributed by atoms with E-state index < -0.39 is 17.2 Å². The highest BCUT2D eigenvalue weighted by Gasteiger charge is 2.16. The van der Waals surface area contributed by atoms with Gasteiger partial charge in [-0.3, -0.25) is 48.9 Å². The highest BCUT2D eigenvalue weighted by atomic mass is 35.5. The number of aliphatic carboxylic acids is 1. The van der Waals surface area contributed by atoms with Crippen molar-refractivity contribution in [1.82, 2.24) is 59.9 Å². The molecule has 28 nitrogen and oxygen atoms in total. The van der Waals surface area contributed by atoms with Crippen molar-refractivity contribution in [3.8, 4) is 45.8 Å². The SMILES string of the molecule is CN(C)CCC(=O)O.COc1ccc(-n2c(CCN(C)C)nnc2-c2ccncc2)cc1.COc1ccc(N)cc1.COc1ccc(N=C(NN)c2ccncc2)cc1.COc1ccc(NC(=O)c2ccncc2)cc1.COc1ccc(NC(=S)c2ccncc2)cc1.Cl.O=C(Cl)c1ccncc1.O=C(O)c1ccncc1. The monoisotopic (exact) mass is 1580 g/mol. The number of ether oxygens (including phenoxy) is 5. The van der Waals surface area contributed by atoms with Crippen LogP contribution in [0.2, 0.25) is 0 Å². The van der Waals surface area contributed by atoms with Gasteiger partial charge in [-0.2, -0.15) is 0 Å². The number of pyridine rings is 6. The normalized spacial score (nSPS) is 9.96. The number of halogens is 2. The predicted octanol–water partition coefficient (Wildman–Crippen LogP) is 13.3. The number of nitrogens with two attached hydrogens (primary N) is 2. The van der Waals surface area contributed by atoms with Crippen LogP contribution in [0.5, 0.6) is 28.7 Å². The molecule has 0 fully saturated rings. The number of nitrogen functional groups attached to an aromatic ring is 1. The molecule has 0 aliphatic carbocycles. The third kappa shape index (κ3) is 34.8. The van der Waals surface area contributed by atoms with E-state index in [4.69, 9.17) is 69.3 Å². The molecule has 0 radical (unpaired) electrons. The van der Waals surface area contributed by atoms with Gasteiger partial charge in [-0.25, -0.2) is 15.6 Å². The van der Waals surface area contributed by atoms with Crippen LogP contribution < -0.4 is 51.3 Å². The van der Waals surface area contributed by atoms with Gasteiger partial charge in [-0.15, -0.1) is 22.6 Å². The number of methoxy groups -OCH3 is 5. The van der Waals surface area contributed by atoms with Crippen LogP contribution in [0.1, 0.15) is 54.4 Å². The van der Waals surface area contributed by atoms with Crippen LogP contribution in [0.3, 0.4) is 0 Å². The Bertz CT molecular complexity index is 4530. The van der Waals surface area contributed by atoms with Crippen molar-refractivity contribution in [2.75, 3.05) is 93.2 Å². The average molecular weight is 1580 g/mol. The van der Waals surface area contributed by atoms with Gasteiger partial charge in [0.05, 0.1) is 53.2 Å². The average Bonchev–Trinajstić information content (AvgIpc) is 1.64. The molecular formula is C81H89Cl2N17O11S. The zero-order chi connectivity index (χ0) is 80.6. The lowest BCUT2D eigenvalue weighted by molar-refractivity contribution is -0.137. The molecule has 0 spiro atoms. The highest BCUT2D eigenvalue weighted by Crippen LogP contribution is 2.26. The fourth-order valence-corrected chi connectivity index (χ4v) is 9.01. The Balaban J connectivity index is 0.000000277. The fraction of sp³-hybridized carbons (Fsp3) is 0.160. The first-order valence-electron chi connectivity index (χ1n) is 33.6. The van der Waals surface area contributed by atoms with Crippen molar-refractivity contribution >= 4 is 92.9 Å². The van der Waals surface area contributed by atoms with Gasteiger partial charge in [0.25, 0.3) is 11.1 Å². The standard InChI is InChI=1S/C18H21N5O.C13H14N4O.C13H12N2O2.C13H12N2OS.C7H9NO.C6H4ClNO.C6H5NO2.C5H11NO2.ClH/c1-22(2)13-10-17-20-21-18(14-8-11-19-12-9-14)23(17)15-4-6-16(24-3)7-5-15;1-18-12-4-2-11(3-5-12)16-13(17-14)10-6-8-15-9-7-10;1-17-12-4-2-11(3-5-12)15-13(16)10-6-8-14-9-7-10;1-16-12-4-2-11(3-5-12)15-13(17)10-6-8-14-9-7-10;1-9-7-4-2-6(8)3-5-7;7-6(9)5-1-3-8-4-2-5;8-6(9)5-1-3-7-4-2-5;1-6(2)4-3-5(7)8;/h4-9,11-12H,10,13H2,1-3H3;2-9H,14H2,1H3,(H,16,17);2-9H,1H3,(H,15,16);2-9H,1H3,(H,15,17);2-5H,8H2,1H3;1-4H;1-4H,(H,8,9);3-4H2,1-2H3,(H,7,8);1H. The van der Waals surface area contributed by atoms with E-state index in [2.05, 4.69) is 84.7 Å². The topological polar surface area (TPSA) is 370 Å². The molecule has 0 unspecified atom stereocenters. The Labute approximate surface area is 667 Å². The molecule has 1 amide bonds. The number of benzene rings is 5. The van der Waals surface area contributed by atoms with E-state index in [1.54, 1.807) is 146 Å². The molecule has 0 aliphatic rings. The summed E-state index contributed by atoms with van der Waals surface area (Å²) in [4.78, 5) is 74.5. The molecule has 0 bridgehead atoms. The number of amides is 1. The summed E-state index contributed by atoms with van der Waals surface area (Å²) in [5.41, 5.74) is 16.4. The Kier molecular flexibility index (Phi) is 42.4. The first-order chi connectivity index (χ1) is 53.7. The number of carbonyl (C=O) groups is 4. The lowest BCUT2D eigenvalue weighted by Gasteiger charge is -2.13. The molecule has 0 saturated carbocycles. The maximum Gasteiger partial charge on any atom is 0.335 e. The van der Waals surface area contributed by atoms with Gasteiger partial charge >= 0.3 is 11.9 Å². The van der Waals surface area contributed by atoms with E-state index in [0.29, 0.717) is 28.5 Å². The summed E-state index contributed by atoms with van der Waals surface area (Å²) >= 11 is 10.4. The second-order valence-corrected chi connectivity index (χ2v) is 23.7. The van der Waals surface area contributed by atoms with Crippen molar-refractivity contribution in [2.24, 2.45) is 10.8 Å². The number of carboxylic acid groups (broad SMARTS) is 2. The summed E-state index contributed by atoms with van der Waals surface area (Å²) in [6.45, 7) is 1.53. The van der Waals surface area contributed by atoms with Gasteiger partial charge in [0.1, 0.15) is 45.4 Å². The minimum Gasteiger partial charge on any atom is -0.497 e. The molecule has 12 aromatic rings. The number of amidine groups is 1. The molecule has 7 aromatic heterocycles. The summed E-state index contributed by atoms with van der Waals surface area (Å²) < 4.78 is 27.5. The Hall–Kier alpha value is -13.2. The number of rotatable bonds is 21. The maximum absolute atomic E-state index is 11.8. The molecule has 5 aromatic carbocycles. The highest BCUT2D eigenvalue weighted by molar-refractivity contribution is 7.81. The smallest absolute Gasteiger partial charge is 0.335 e. The number of hydrazine groups is 1. The zero-order valence-corrected chi connectivity index (χ0v) is 65.4. The number of aromatic nitrogens is 9. The third-order valence-corrected chi connectivity index (χ3v) is 15.0. The van der Waals surface area contributed by atoms with Crippen molar-refractivity contribution in [1.29, 1.82) is 0 Å². The molecule has 9 N–H and O–H groups in total. The van der Waals surface area contributed by atoms with E-state index in [9.17, 15) is 19.2 Å². The van der Waals surface area contributed by atoms with Crippen molar-refractivity contribution in [2.45, 2.75) is 12.8 Å². The number of nitrogens with one attached hydrogen (secondary N) is 3. The van der Waals surface area contributed by atoms with Crippen LogP contribution >= 0.6 is 36.2 Å². The first kappa shape index (κ1) is 91.2. The predicted molar refractivity (Wildman–Crippen MR) is 443 cm³/mol. The van der Waals surface area contributed by atoms with Crippen molar-refractivity contribution < 1.29 is 53.1 Å². The van der Waals surface area contributed by atoms with E-state index in [-0.39, 0.29) is 30.3 Å². The molecule has 0 aliphatic heterocycles. The van der Waals surface area contributed by atoms with Gasteiger partial charge in [-0.05, 0) is 234 Å². The van der Waals surface area contributed by atoms with Crippen LogP contribution in [0.15, 0.2) is 273 Å². The Morgan fingerprint density at radius 3 is 1.21 bits per heavy atom. The van der Waals surface area contributed by atoms with Crippen LogP contribution in [-0.4, -0.2) is 175 Å². The minimum absolute atomic E-state index is 0. The van der Waals surface area contributed by atoms with E-state index >= 15 is 0 Å². The number of carboxylic acids is 2. The van der Waals surface area contributed by atoms with Gasteiger partial charge in [0.2, 0.25) is 0 Å². The number of anilines is 3. The molecule has 7 heterocycles. The molecule has 584 valence electrons. The van der Waals surface area contributed by atoms with E-state index in [1.165, 1.54) is 36.9 Å². The molecule has 31 heteroatoms. The minimum atomic E-state index is -0.919. The molecule has 12 rings (SSSR count). The summed E-state index contributed by atoms with van der Waals surface area (Å²) in [6.07, 6.45) is 20.5. The lowest BCUT2D eigenvalue weighted by atomic mass is 10.2. The molecule has 0 atom stereocenters. The second kappa shape index (κ2) is 52.0. The zero-order valence-electron chi connectivity index (χ0n) is 63.0. The van der Waals surface area contributed by atoms with Gasteiger partial charge < -0.3 is 65.5 Å². The number of thiocarbonyl (C=S) groups is 1. The molecular weight excluding hydrogens is 1490 g/mol. The summed E-state index contributed by atoms with van der Waals surface area (Å²) in [5, 5.41) is 30.8. The van der Waals surface area contributed by atoms with Crippen molar-refractivity contribution in [3.05, 3.63) is 302 Å². The number of hydrogen-bond acceptors (Lipinski definition) is 23. The second-order valence-electron chi connectivity index (χ2n) is 22.9. The van der Waals surface area contributed by atoms with E-state index in [0.717, 1.165) is 98.5 Å². The van der Waals surface area contributed by atoms with Gasteiger partial charge in [0.15, 0.2) is 5.82 Å². The van der Waals surface area contributed by atoms with E-state index in [1.807, 2.05) is 140 Å². The number of aromatic carboxylic acids is 1. The molecule has 112 heavy (non-hydrogen) atoms. The summed E-state index contributed by atoms with van der Waals surface area (Å²) in [5.74, 6) is 10.0. The maximum atomic E-state index is 11.8. The van der Waals surface area contributed by atoms with Crippen molar-refractivity contribution in [3.63, 3.8) is 0 Å². The number of carbonyl (C=O) groups excluding carboxylic acids is 2. The number of likely N-dealkylation sites (N-methyl/N-ethyl adjacent to an activating group) is 1. The number of hydrogen-bond donors (Lipinski definition) is 7. The lowest BCUT2D eigenvalue weighted by Crippen LogP contribution is -2.30. The third-order valence-electron chi connectivity index (χ3n) is 14.5. The Morgan fingerprint density at radius 2 is 0.839 bits per heavy atom. The summed E-state index contributed by atoms with van der Waals surface area (Å²) in [7, 11) is 16.0. The largest absolute Gasteiger partial charge is 0.497 e. The van der Waals surface area contributed by atoms with Gasteiger partial charge in [-0.1, -0.05) is 12.2 Å². The fourth-order valence-electron chi connectivity index (χ4n) is 8.63. The number of nitrogens with zero attached hydrogens (tertiary/aromatic N) is 12. The van der Waals surface area contributed by atoms with Crippen LogP contribution in [-0.2, 0) is 11.2 Å². The Morgan fingerprint density at radius 1 is 0.473 bits per heavy atom. The number of aliphatic imine (C=N–C) groups is 1. The van der Waals surface area contributed by atoms with Gasteiger partial charge in [0, 0.05) is 144 Å². The first-order valence-corrected chi connectivity index (χ1v) is 34.4. The summed E-state index contributed by atoms with van der Waals surface area (Å²) in [6, 6.07) is 58.1. The van der Waals surface area contributed by atoms with Crippen LogP contribution in [0.25, 0.3) is 17.1 Å². The van der Waals surface area contributed by atoms with Crippen LogP contribution in [0.4, 0.5) is 22.7 Å².